The van der Waals surface area contributed by atoms with Crippen LogP contribution in [-0.2, 0) is 11.2 Å². The number of aromatic hydroxyl groups is 1. The van der Waals surface area contributed by atoms with Gasteiger partial charge < -0.3 is 10.4 Å². The maximum Gasteiger partial charge on any atom is 0.233 e. The van der Waals surface area contributed by atoms with E-state index in [1.54, 1.807) is 0 Å². The van der Waals surface area contributed by atoms with Crippen molar-refractivity contribution in [3.05, 3.63) is 15.4 Å². The van der Waals surface area contributed by atoms with Crippen LogP contribution in [0.15, 0.2) is 5.38 Å². The van der Waals surface area contributed by atoms with Gasteiger partial charge in [-0.2, -0.15) is 0 Å². The molecule has 0 spiro atoms. The summed E-state index contributed by atoms with van der Waals surface area (Å²) in [5, 5.41) is 22.5. The molecule has 2 rings (SSSR count). The van der Waals surface area contributed by atoms with Crippen LogP contribution >= 0.6 is 22.7 Å². The summed E-state index contributed by atoms with van der Waals surface area (Å²) in [6.45, 7) is 1.81. The zero-order valence-corrected chi connectivity index (χ0v) is 9.93. The van der Waals surface area contributed by atoms with E-state index in [0.717, 1.165) is 5.01 Å². The molecular formula is C8H8N4O2S2. The number of anilines is 1. The second-order valence-corrected chi connectivity index (χ2v) is 5.07. The van der Waals surface area contributed by atoms with E-state index in [-0.39, 0.29) is 18.2 Å². The molecule has 0 aliphatic carbocycles. The van der Waals surface area contributed by atoms with E-state index < -0.39 is 0 Å². The van der Waals surface area contributed by atoms with Gasteiger partial charge >= 0.3 is 0 Å². The normalized spacial score (nSPS) is 10.3. The third-order valence-corrected chi connectivity index (χ3v) is 3.21. The number of hydrogen-bond donors (Lipinski definition) is 2. The van der Waals surface area contributed by atoms with Crippen molar-refractivity contribution in [3.63, 3.8) is 0 Å². The minimum atomic E-state index is -0.217. The Hall–Kier alpha value is -1.54. The third kappa shape index (κ3) is 2.74. The fourth-order valence-electron chi connectivity index (χ4n) is 1.03. The zero-order valence-electron chi connectivity index (χ0n) is 8.30. The summed E-state index contributed by atoms with van der Waals surface area (Å²) in [4.78, 5) is 15.3. The summed E-state index contributed by atoms with van der Waals surface area (Å²) in [6, 6.07) is 0. The van der Waals surface area contributed by atoms with Crippen LogP contribution in [0.4, 0.5) is 5.13 Å². The Labute approximate surface area is 99.0 Å². The van der Waals surface area contributed by atoms with Crippen LogP contribution in [0, 0.1) is 6.92 Å². The van der Waals surface area contributed by atoms with Crippen molar-refractivity contribution in [3.8, 4) is 5.88 Å². The van der Waals surface area contributed by atoms with Gasteiger partial charge in [0.1, 0.15) is 10.0 Å². The van der Waals surface area contributed by atoms with Crippen LogP contribution in [0.5, 0.6) is 5.88 Å². The SMILES string of the molecule is Cc1nnc(NC(=O)Cc2nc(O)cs2)s1. The number of thiazole rings is 1. The summed E-state index contributed by atoms with van der Waals surface area (Å²) in [5.41, 5.74) is 0. The van der Waals surface area contributed by atoms with Crippen molar-refractivity contribution in [1.82, 2.24) is 15.2 Å². The molecule has 6 nitrogen and oxygen atoms in total. The summed E-state index contributed by atoms with van der Waals surface area (Å²) in [7, 11) is 0. The number of carbonyl (C=O) groups is 1. The maximum atomic E-state index is 11.5. The van der Waals surface area contributed by atoms with Gasteiger partial charge in [0.05, 0.1) is 11.8 Å². The molecule has 0 bridgehead atoms. The van der Waals surface area contributed by atoms with Crippen LogP contribution in [0.2, 0.25) is 0 Å². The fraction of sp³-hybridized carbons (Fsp3) is 0.250. The minimum Gasteiger partial charge on any atom is -0.493 e. The van der Waals surface area contributed by atoms with Gasteiger partial charge in [-0.25, -0.2) is 4.98 Å². The second-order valence-electron chi connectivity index (χ2n) is 2.95. The van der Waals surface area contributed by atoms with Gasteiger partial charge in [-0.3, -0.25) is 4.79 Å². The summed E-state index contributed by atoms with van der Waals surface area (Å²) in [6.07, 6.45) is 0.129. The molecule has 0 atom stereocenters. The van der Waals surface area contributed by atoms with Crippen LogP contribution < -0.4 is 5.32 Å². The molecule has 84 valence electrons. The number of nitrogens with one attached hydrogen (secondary N) is 1. The molecule has 1 amide bonds. The lowest BCUT2D eigenvalue weighted by atomic mass is 10.4. The fourth-order valence-corrected chi connectivity index (χ4v) is 2.29. The van der Waals surface area contributed by atoms with Gasteiger partial charge in [-0.15, -0.1) is 21.5 Å². The first-order chi connectivity index (χ1) is 7.63. The second kappa shape index (κ2) is 4.54. The standard InChI is InChI=1S/C8H8N4O2S2/c1-4-11-12-8(16-4)10-5(13)2-7-9-6(14)3-15-7/h3,14H,2H2,1H3,(H,10,12,13). The Bertz CT molecular complexity index is 463. The smallest absolute Gasteiger partial charge is 0.233 e. The molecule has 0 aliphatic heterocycles. The Balaban J connectivity index is 1.94. The van der Waals surface area contributed by atoms with Crippen LogP contribution in [-0.4, -0.2) is 26.2 Å². The first-order valence-electron chi connectivity index (χ1n) is 4.37. The molecule has 2 aromatic rings. The molecule has 0 saturated carbocycles. The molecule has 2 heterocycles. The van der Waals surface area contributed by atoms with Crippen LogP contribution in [0.3, 0.4) is 0 Å². The number of nitrogens with zero attached hydrogens (tertiary/aromatic N) is 3. The van der Waals surface area contributed by atoms with Crippen LogP contribution in [0.1, 0.15) is 10.0 Å². The van der Waals surface area contributed by atoms with E-state index in [9.17, 15) is 4.79 Å². The maximum absolute atomic E-state index is 11.5. The molecule has 0 aliphatic rings. The molecule has 0 fully saturated rings. The topological polar surface area (TPSA) is 88.0 Å². The van der Waals surface area contributed by atoms with E-state index in [1.807, 2.05) is 6.92 Å². The lowest BCUT2D eigenvalue weighted by Gasteiger charge is -1.97. The number of aryl methyl sites for hydroxylation is 1. The third-order valence-electron chi connectivity index (χ3n) is 1.62. The van der Waals surface area contributed by atoms with Gasteiger partial charge in [-0.05, 0) is 6.92 Å². The largest absolute Gasteiger partial charge is 0.493 e. The molecule has 2 N–H and O–H groups in total. The van der Waals surface area contributed by atoms with Crippen molar-refractivity contribution >= 4 is 33.7 Å². The highest BCUT2D eigenvalue weighted by molar-refractivity contribution is 7.15. The van der Waals surface area contributed by atoms with E-state index in [2.05, 4.69) is 20.5 Å². The first kappa shape index (κ1) is 11.0. The predicted octanol–water partition coefficient (Wildman–Crippen LogP) is 1.19. The molecule has 0 radical (unpaired) electrons. The highest BCUT2D eigenvalue weighted by Gasteiger charge is 2.09. The molecule has 0 saturated heterocycles. The molecule has 16 heavy (non-hydrogen) atoms. The predicted molar refractivity (Wildman–Crippen MR) is 60.8 cm³/mol. The van der Waals surface area contributed by atoms with Crippen molar-refractivity contribution in [1.29, 1.82) is 0 Å². The monoisotopic (exact) mass is 256 g/mol. The molecular weight excluding hydrogens is 248 g/mol. The summed E-state index contributed by atoms with van der Waals surface area (Å²) in [5.74, 6) is -0.273. The first-order valence-corrected chi connectivity index (χ1v) is 6.06. The Morgan fingerprint density at radius 3 is 2.94 bits per heavy atom. The average Bonchev–Trinajstić information content (AvgIpc) is 2.76. The van der Waals surface area contributed by atoms with Gasteiger partial charge in [0.15, 0.2) is 0 Å². The highest BCUT2D eigenvalue weighted by Crippen LogP contribution is 2.17. The van der Waals surface area contributed by atoms with Gasteiger partial charge in [0.25, 0.3) is 0 Å². The summed E-state index contributed by atoms with van der Waals surface area (Å²) >= 11 is 2.55. The minimum absolute atomic E-state index is 0.0560. The number of hydrogen-bond acceptors (Lipinski definition) is 7. The van der Waals surface area contributed by atoms with Crippen molar-refractivity contribution in [2.45, 2.75) is 13.3 Å². The average molecular weight is 256 g/mol. The number of aromatic nitrogens is 3. The van der Waals surface area contributed by atoms with Crippen molar-refractivity contribution in [2.75, 3.05) is 5.32 Å². The van der Waals surface area contributed by atoms with E-state index in [0.29, 0.717) is 10.1 Å². The van der Waals surface area contributed by atoms with Gasteiger partial charge in [-0.1, -0.05) is 11.3 Å². The van der Waals surface area contributed by atoms with E-state index in [1.165, 1.54) is 28.1 Å². The number of amides is 1. The quantitative estimate of drug-likeness (QED) is 0.861. The van der Waals surface area contributed by atoms with Gasteiger partial charge in [0.2, 0.25) is 16.9 Å². The van der Waals surface area contributed by atoms with Crippen molar-refractivity contribution < 1.29 is 9.90 Å². The van der Waals surface area contributed by atoms with Crippen LogP contribution in [0.25, 0.3) is 0 Å². The van der Waals surface area contributed by atoms with E-state index in [4.69, 9.17) is 5.11 Å². The lowest BCUT2D eigenvalue weighted by Crippen LogP contribution is -2.14. The molecule has 0 aromatic carbocycles. The zero-order chi connectivity index (χ0) is 11.5. The lowest BCUT2D eigenvalue weighted by molar-refractivity contribution is -0.115. The molecule has 2 aromatic heterocycles. The van der Waals surface area contributed by atoms with Crippen molar-refractivity contribution in [2.24, 2.45) is 0 Å². The number of rotatable bonds is 3. The Morgan fingerprint density at radius 2 is 2.38 bits per heavy atom. The van der Waals surface area contributed by atoms with E-state index >= 15 is 0 Å². The van der Waals surface area contributed by atoms with Gasteiger partial charge in [0, 0.05) is 0 Å². The highest BCUT2D eigenvalue weighted by atomic mass is 32.1. The summed E-state index contributed by atoms with van der Waals surface area (Å²) < 4.78 is 0. The number of carbonyl (C=O) groups excluding carboxylic acids is 1. The molecule has 0 unspecified atom stereocenters. The molecule has 8 heteroatoms. The Kier molecular flexibility index (Phi) is 3.11. The Morgan fingerprint density at radius 1 is 1.56 bits per heavy atom.